The Bertz CT molecular complexity index is 594. The van der Waals surface area contributed by atoms with Crippen LogP contribution >= 0.6 is 12.2 Å². The Kier molecular flexibility index (Phi) is 4.11. The fraction of sp³-hybridized carbons (Fsp3) is 0.308. The first-order valence-corrected chi connectivity index (χ1v) is 6.38. The maximum absolute atomic E-state index is 5.66. The summed E-state index contributed by atoms with van der Waals surface area (Å²) >= 11 is 4.93. The molecule has 0 saturated heterocycles. The molecular weight excluding hydrogens is 260 g/mol. The predicted molar refractivity (Wildman–Crippen MR) is 77.3 cm³/mol. The third-order valence-corrected chi connectivity index (χ3v) is 2.89. The number of benzene rings is 1. The van der Waals surface area contributed by atoms with Gasteiger partial charge < -0.3 is 10.5 Å². The molecule has 0 unspecified atom stereocenters. The fourth-order valence-corrected chi connectivity index (χ4v) is 1.89. The zero-order chi connectivity index (χ0) is 13.8. The highest BCUT2D eigenvalue weighted by atomic mass is 32.1. The Morgan fingerprint density at radius 2 is 2.21 bits per heavy atom. The van der Waals surface area contributed by atoms with Crippen molar-refractivity contribution in [2.75, 3.05) is 6.61 Å². The summed E-state index contributed by atoms with van der Waals surface area (Å²) in [5.41, 5.74) is 6.38. The third-order valence-electron chi connectivity index (χ3n) is 2.65. The minimum Gasteiger partial charge on any atom is -0.492 e. The molecule has 0 atom stereocenters. The van der Waals surface area contributed by atoms with Gasteiger partial charge in [0.15, 0.2) is 0 Å². The van der Waals surface area contributed by atoms with Gasteiger partial charge in [0.1, 0.15) is 29.0 Å². The lowest BCUT2D eigenvalue weighted by Gasteiger charge is -2.08. The van der Waals surface area contributed by atoms with Crippen molar-refractivity contribution in [1.82, 2.24) is 14.8 Å². The van der Waals surface area contributed by atoms with E-state index in [1.54, 1.807) is 0 Å². The van der Waals surface area contributed by atoms with Crippen molar-refractivity contribution in [2.45, 2.75) is 20.4 Å². The van der Waals surface area contributed by atoms with E-state index < -0.39 is 0 Å². The molecule has 19 heavy (non-hydrogen) atoms. The lowest BCUT2D eigenvalue weighted by Crippen LogP contribution is -2.12. The number of nitrogens with two attached hydrogens (primary N) is 1. The molecule has 100 valence electrons. The van der Waals surface area contributed by atoms with E-state index in [1.165, 1.54) is 0 Å². The molecule has 0 aliphatic carbocycles. The molecule has 2 aromatic rings. The van der Waals surface area contributed by atoms with E-state index in [4.69, 9.17) is 22.7 Å². The molecule has 1 aromatic carbocycles. The molecular formula is C13H16N4OS. The van der Waals surface area contributed by atoms with Crippen LogP contribution in [0.15, 0.2) is 24.3 Å². The van der Waals surface area contributed by atoms with Gasteiger partial charge in [0.05, 0.1) is 6.54 Å². The molecule has 0 fully saturated rings. The van der Waals surface area contributed by atoms with E-state index in [-0.39, 0.29) is 0 Å². The summed E-state index contributed by atoms with van der Waals surface area (Å²) in [6.45, 7) is 4.97. The van der Waals surface area contributed by atoms with Crippen LogP contribution in [-0.4, -0.2) is 26.4 Å². The average Bonchev–Trinajstić information content (AvgIpc) is 2.68. The number of aromatic nitrogens is 3. The van der Waals surface area contributed by atoms with Gasteiger partial charge in [-0.3, -0.25) is 0 Å². The van der Waals surface area contributed by atoms with E-state index in [0.29, 0.717) is 18.1 Å². The summed E-state index contributed by atoms with van der Waals surface area (Å²) in [4.78, 5) is 4.61. The molecule has 6 heteroatoms. The van der Waals surface area contributed by atoms with Gasteiger partial charge in [0.25, 0.3) is 0 Å². The number of hydrogen-bond donors (Lipinski definition) is 1. The zero-order valence-corrected chi connectivity index (χ0v) is 11.8. The van der Waals surface area contributed by atoms with Crippen molar-refractivity contribution in [2.24, 2.45) is 5.73 Å². The van der Waals surface area contributed by atoms with Gasteiger partial charge in [-0.05, 0) is 26.0 Å². The summed E-state index contributed by atoms with van der Waals surface area (Å²) in [6, 6.07) is 7.44. The van der Waals surface area contributed by atoms with Crippen LogP contribution in [0.1, 0.15) is 17.2 Å². The van der Waals surface area contributed by atoms with Crippen LogP contribution in [0.5, 0.6) is 5.75 Å². The van der Waals surface area contributed by atoms with Gasteiger partial charge in [0, 0.05) is 5.56 Å². The minimum atomic E-state index is 0.369. The largest absolute Gasteiger partial charge is 0.492 e. The van der Waals surface area contributed by atoms with Gasteiger partial charge in [-0.25, -0.2) is 9.67 Å². The molecule has 0 amide bonds. The molecule has 0 saturated carbocycles. The van der Waals surface area contributed by atoms with Crippen molar-refractivity contribution in [3.05, 3.63) is 41.5 Å². The molecule has 0 bridgehead atoms. The van der Waals surface area contributed by atoms with Crippen LogP contribution in [0, 0.1) is 13.8 Å². The monoisotopic (exact) mass is 276 g/mol. The van der Waals surface area contributed by atoms with Crippen LogP contribution < -0.4 is 10.5 Å². The van der Waals surface area contributed by atoms with Crippen LogP contribution in [0.25, 0.3) is 0 Å². The summed E-state index contributed by atoms with van der Waals surface area (Å²) in [7, 11) is 0. The SMILES string of the molecule is Cc1nc(C)n(CCOc2cccc(C(N)=S)c2)n1. The fourth-order valence-electron chi connectivity index (χ4n) is 1.76. The topological polar surface area (TPSA) is 66.0 Å². The molecule has 0 aliphatic rings. The summed E-state index contributed by atoms with van der Waals surface area (Å²) < 4.78 is 7.49. The number of thiocarbonyl (C=S) groups is 1. The van der Waals surface area contributed by atoms with Gasteiger partial charge in [-0.2, -0.15) is 5.10 Å². The van der Waals surface area contributed by atoms with Crippen molar-refractivity contribution >= 4 is 17.2 Å². The van der Waals surface area contributed by atoms with Crippen molar-refractivity contribution in [3.8, 4) is 5.75 Å². The lowest BCUT2D eigenvalue weighted by molar-refractivity contribution is 0.289. The quantitative estimate of drug-likeness (QED) is 0.840. The van der Waals surface area contributed by atoms with E-state index >= 15 is 0 Å². The molecule has 0 spiro atoms. The Balaban J connectivity index is 1.94. The Morgan fingerprint density at radius 3 is 2.84 bits per heavy atom. The van der Waals surface area contributed by atoms with Crippen LogP contribution in [0.2, 0.25) is 0 Å². The zero-order valence-electron chi connectivity index (χ0n) is 11.0. The number of nitrogens with zero attached hydrogens (tertiary/aromatic N) is 3. The first-order chi connectivity index (χ1) is 9.06. The third kappa shape index (κ3) is 3.51. The number of hydrogen-bond acceptors (Lipinski definition) is 4. The van der Waals surface area contributed by atoms with Gasteiger partial charge in [-0.15, -0.1) is 0 Å². The van der Waals surface area contributed by atoms with Crippen molar-refractivity contribution in [1.29, 1.82) is 0 Å². The van der Waals surface area contributed by atoms with E-state index in [0.717, 1.165) is 23.0 Å². The molecule has 1 aromatic heterocycles. The number of rotatable bonds is 5. The molecule has 1 heterocycles. The standard InChI is InChI=1S/C13H16N4OS/c1-9-15-10(2)17(16-9)6-7-18-12-5-3-4-11(8-12)13(14)19/h3-5,8H,6-7H2,1-2H3,(H2,14,19). The van der Waals surface area contributed by atoms with E-state index in [9.17, 15) is 0 Å². The maximum atomic E-state index is 5.66. The minimum absolute atomic E-state index is 0.369. The number of aryl methyl sites for hydroxylation is 2. The summed E-state index contributed by atoms with van der Waals surface area (Å²) in [6.07, 6.45) is 0. The van der Waals surface area contributed by atoms with Crippen LogP contribution in [0.4, 0.5) is 0 Å². The van der Waals surface area contributed by atoms with Crippen molar-refractivity contribution in [3.63, 3.8) is 0 Å². The molecule has 2 N–H and O–H groups in total. The highest BCUT2D eigenvalue weighted by Gasteiger charge is 2.03. The van der Waals surface area contributed by atoms with E-state index in [1.807, 2.05) is 42.8 Å². The van der Waals surface area contributed by atoms with Crippen molar-refractivity contribution < 1.29 is 4.74 Å². The molecule has 0 radical (unpaired) electrons. The second kappa shape index (κ2) is 5.79. The van der Waals surface area contributed by atoms with Crippen LogP contribution in [0.3, 0.4) is 0 Å². The number of ether oxygens (including phenoxy) is 1. The summed E-state index contributed by atoms with van der Waals surface area (Å²) in [5.74, 6) is 2.41. The second-order valence-corrected chi connectivity index (χ2v) is 4.61. The second-order valence-electron chi connectivity index (χ2n) is 4.17. The Hall–Kier alpha value is -1.95. The normalized spacial score (nSPS) is 10.4. The van der Waals surface area contributed by atoms with Gasteiger partial charge in [-0.1, -0.05) is 24.4 Å². The highest BCUT2D eigenvalue weighted by Crippen LogP contribution is 2.13. The average molecular weight is 276 g/mol. The molecule has 0 aliphatic heterocycles. The van der Waals surface area contributed by atoms with Gasteiger partial charge >= 0.3 is 0 Å². The maximum Gasteiger partial charge on any atom is 0.147 e. The summed E-state index contributed by atoms with van der Waals surface area (Å²) in [5, 5.41) is 4.27. The Morgan fingerprint density at radius 1 is 1.42 bits per heavy atom. The smallest absolute Gasteiger partial charge is 0.147 e. The highest BCUT2D eigenvalue weighted by molar-refractivity contribution is 7.80. The predicted octanol–water partition coefficient (Wildman–Crippen LogP) is 1.61. The van der Waals surface area contributed by atoms with Gasteiger partial charge in [0.2, 0.25) is 0 Å². The molecule has 2 rings (SSSR count). The molecule has 5 nitrogen and oxygen atoms in total. The van der Waals surface area contributed by atoms with E-state index in [2.05, 4.69) is 10.1 Å². The Labute approximate surface area is 117 Å². The first kappa shape index (κ1) is 13.5. The van der Waals surface area contributed by atoms with Crippen LogP contribution in [-0.2, 0) is 6.54 Å². The lowest BCUT2D eigenvalue weighted by atomic mass is 10.2. The first-order valence-electron chi connectivity index (χ1n) is 5.97.